The third-order valence-electron chi connectivity index (χ3n) is 1.85. The van der Waals surface area contributed by atoms with Crippen LogP contribution in [0.3, 0.4) is 0 Å². The van der Waals surface area contributed by atoms with Crippen LogP contribution in [0.25, 0.3) is 5.57 Å². The SMILES string of the molecule is COC(=O)/C=C(/CBr)c1ccc(Br)cc1. The highest BCUT2D eigenvalue weighted by atomic mass is 79.9. The van der Waals surface area contributed by atoms with E-state index < -0.39 is 0 Å². The molecule has 0 aliphatic rings. The summed E-state index contributed by atoms with van der Waals surface area (Å²) in [6, 6.07) is 7.76. The Hall–Kier alpha value is -0.610. The first kappa shape index (κ1) is 12.5. The number of allylic oxidation sites excluding steroid dienone is 1. The van der Waals surface area contributed by atoms with Gasteiger partial charge in [-0.05, 0) is 23.3 Å². The number of ether oxygens (including phenoxy) is 1. The van der Waals surface area contributed by atoms with Gasteiger partial charge in [-0.15, -0.1) is 0 Å². The zero-order valence-corrected chi connectivity index (χ0v) is 11.3. The second-order valence-corrected chi connectivity index (χ2v) is 4.31. The quantitative estimate of drug-likeness (QED) is 0.481. The number of carbonyl (C=O) groups excluding carboxylic acids is 1. The van der Waals surface area contributed by atoms with Gasteiger partial charge in [-0.25, -0.2) is 4.79 Å². The summed E-state index contributed by atoms with van der Waals surface area (Å²) in [5.41, 5.74) is 1.90. The molecule has 1 aromatic carbocycles. The highest BCUT2D eigenvalue weighted by Crippen LogP contribution is 2.19. The zero-order valence-electron chi connectivity index (χ0n) is 8.17. The van der Waals surface area contributed by atoms with Crippen LogP contribution in [0.1, 0.15) is 5.56 Å². The van der Waals surface area contributed by atoms with Gasteiger partial charge < -0.3 is 4.74 Å². The van der Waals surface area contributed by atoms with Gasteiger partial charge in [-0.2, -0.15) is 0 Å². The molecule has 15 heavy (non-hydrogen) atoms. The fraction of sp³-hybridized carbons (Fsp3) is 0.182. The van der Waals surface area contributed by atoms with E-state index in [1.165, 1.54) is 13.2 Å². The van der Waals surface area contributed by atoms with Crippen molar-refractivity contribution in [3.8, 4) is 0 Å². The number of esters is 1. The molecule has 0 atom stereocenters. The molecule has 0 saturated heterocycles. The number of rotatable bonds is 3. The molecule has 2 nitrogen and oxygen atoms in total. The van der Waals surface area contributed by atoms with Crippen molar-refractivity contribution in [2.75, 3.05) is 12.4 Å². The highest BCUT2D eigenvalue weighted by Gasteiger charge is 2.03. The molecule has 0 aliphatic carbocycles. The fourth-order valence-corrected chi connectivity index (χ4v) is 1.81. The van der Waals surface area contributed by atoms with Crippen LogP contribution in [0.4, 0.5) is 0 Å². The molecule has 0 fully saturated rings. The van der Waals surface area contributed by atoms with E-state index in [-0.39, 0.29) is 5.97 Å². The summed E-state index contributed by atoms with van der Waals surface area (Å²) < 4.78 is 5.59. The number of methoxy groups -OCH3 is 1. The van der Waals surface area contributed by atoms with Gasteiger partial charge in [0.2, 0.25) is 0 Å². The van der Waals surface area contributed by atoms with E-state index in [9.17, 15) is 4.79 Å². The van der Waals surface area contributed by atoms with Crippen molar-refractivity contribution in [1.29, 1.82) is 0 Å². The molecule has 0 amide bonds. The summed E-state index contributed by atoms with van der Waals surface area (Å²) in [6.45, 7) is 0. The number of hydrogen-bond donors (Lipinski definition) is 0. The molecule has 0 spiro atoms. The van der Waals surface area contributed by atoms with E-state index in [1.54, 1.807) is 0 Å². The average Bonchev–Trinajstić information content (AvgIpc) is 2.27. The predicted octanol–water partition coefficient (Wildman–Crippen LogP) is 3.40. The van der Waals surface area contributed by atoms with E-state index >= 15 is 0 Å². The van der Waals surface area contributed by atoms with E-state index in [2.05, 4.69) is 36.6 Å². The molecule has 80 valence electrons. The highest BCUT2D eigenvalue weighted by molar-refractivity contribution is 9.10. The van der Waals surface area contributed by atoms with E-state index in [0.717, 1.165) is 15.6 Å². The summed E-state index contributed by atoms with van der Waals surface area (Å²) in [4.78, 5) is 11.1. The van der Waals surface area contributed by atoms with Crippen LogP contribution < -0.4 is 0 Å². The Labute approximate surface area is 106 Å². The number of carbonyl (C=O) groups is 1. The van der Waals surface area contributed by atoms with Gasteiger partial charge >= 0.3 is 5.97 Å². The van der Waals surface area contributed by atoms with Crippen molar-refractivity contribution in [2.24, 2.45) is 0 Å². The third-order valence-corrected chi connectivity index (χ3v) is 2.99. The first-order chi connectivity index (χ1) is 7.17. The molecule has 4 heteroatoms. The summed E-state index contributed by atoms with van der Waals surface area (Å²) in [6.07, 6.45) is 1.48. The molecule has 0 N–H and O–H groups in total. The van der Waals surface area contributed by atoms with Gasteiger partial charge in [0.15, 0.2) is 0 Å². The van der Waals surface area contributed by atoms with Crippen molar-refractivity contribution in [2.45, 2.75) is 0 Å². The predicted molar refractivity (Wildman–Crippen MR) is 67.9 cm³/mol. The molecular formula is C11H10Br2O2. The molecule has 0 unspecified atom stereocenters. The molecule has 1 rings (SSSR count). The van der Waals surface area contributed by atoms with Crippen LogP contribution in [0, 0.1) is 0 Å². The van der Waals surface area contributed by atoms with Crippen LogP contribution in [0.15, 0.2) is 34.8 Å². The van der Waals surface area contributed by atoms with Crippen LogP contribution >= 0.6 is 31.9 Å². The van der Waals surface area contributed by atoms with Crippen LogP contribution in [0.2, 0.25) is 0 Å². The molecule has 1 aromatic rings. The van der Waals surface area contributed by atoms with Gasteiger partial charge in [0.1, 0.15) is 0 Å². The van der Waals surface area contributed by atoms with Crippen molar-refractivity contribution in [1.82, 2.24) is 0 Å². The van der Waals surface area contributed by atoms with Crippen molar-refractivity contribution >= 4 is 43.4 Å². The summed E-state index contributed by atoms with van der Waals surface area (Å²) in [5, 5.41) is 0.615. The Kier molecular flexibility index (Phi) is 5.05. The van der Waals surface area contributed by atoms with Crippen molar-refractivity contribution < 1.29 is 9.53 Å². The summed E-state index contributed by atoms with van der Waals surface area (Å²) >= 11 is 6.70. The summed E-state index contributed by atoms with van der Waals surface area (Å²) in [7, 11) is 1.37. The maximum atomic E-state index is 11.1. The fourth-order valence-electron chi connectivity index (χ4n) is 1.06. The lowest BCUT2D eigenvalue weighted by Crippen LogP contribution is -1.97. The van der Waals surface area contributed by atoms with Crippen LogP contribution in [0.5, 0.6) is 0 Å². The lowest BCUT2D eigenvalue weighted by molar-refractivity contribution is -0.134. The van der Waals surface area contributed by atoms with Gasteiger partial charge in [-0.3, -0.25) is 0 Å². The Morgan fingerprint density at radius 2 is 2.00 bits per heavy atom. The number of alkyl halides is 1. The van der Waals surface area contributed by atoms with E-state index in [0.29, 0.717) is 5.33 Å². The van der Waals surface area contributed by atoms with Gasteiger partial charge in [0.05, 0.1) is 7.11 Å². The molecular weight excluding hydrogens is 324 g/mol. The van der Waals surface area contributed by atoms with Gasteiger partial charge in [0, 0.05) is 15.9 Å². The smallest absolute Gasteiger partial charge is 0.330 e. The Bertz CT molecular complexity index is 369. The largest absolute Gasteiger partial charge is 0.466 e. The zero-order chi connectivity index (χ0) is 11.3. The minimum atomic E-state index is -0.340. The second kappa shape index (κ2) is 6.08. The standard InChI is InChI=1S/C11H10Br2O2/c1-15-11(14)6-9(7-12)8-2-4-10(13)5-3-8/h2-6H,7H2,1H3/b9-6-. The molecule has 0 aromatic heterocycles. The summed E-state index contributed by atoms with van der Waals surface area (Å²) in [5.74, 6) is -0.340. The Balaban J connectivity index is 2.97. The number of halogens is 2. The minimum absolute atomic E-state index is 0.340. The Morgan fingerprint density at radius 1 is 1.40 bits per heavy atom. The molecule has 0 bridgehead atoms. The normalized spacial score (nSPS) is 11.3. The lowest BCUT2D eigenvalue weighted by Gasteiger charge is -2.03. The number of hydrogen-bond acceptors (Lipinski definition) is 2. The van der Waals surface area contributed by atoms with Crippen LogP contribution in [-0.4, -0.2) is 18.4 Å². The molecule has 0 aliphatic heterocycles. The van der Waals surface area contributed by atoms with Crippen molar-refractivity contribution in [3.05, 3.63) is 40.4 Å². The van der Waals surface area contributed by atoms with Gasteiger partial charge in [-0.1, -0.05) is 44.0 Å². The lowest BCUT2D eigenvalue weighted by atomic mass is 10.1. The maximum absolute atomic E-state index is 11.1. The van der Waals surface area contributed by atoms with E-state index in [1.807, 2.05) is 24.3 Å². The maximum Gasteiger partial charge on any atom is 0.330 e. The van der Waals surface area contributed by atoms with Crippen LogP contribution in [-0.2, 0) is 9.53 Å². The Morgan fingerprint density at radius 3 is 2.47 bits per heavy atom. The average molecular weight is 334 g/mol. The van der Waals surface area contributed by atoms with Crippen molar-refractivity contribution in [3.63, 3.8) is 0 Å². The second-order valence-electron chi connectivity index (χ2n) is 2.83. The van der Waals surface area contributed by atoms with Gasteiger partial charge in [0.25, 0.3) is 0 Å². The third kappa shape index (κ3) is 3.80. The first-order valence-electron chi connectivity index (χ1n) is 4.28. The van der Waals surface area contributed by atoms with E-state index in [4.69, 9.17) is 0 Å². The molecule has 0 radical (unpaired) electrons. The monoisotopic (exact) mass is 332 g/mol. The topological polar surface area (TPSA) is 26.3 Å². The molecule has 0 heterocycles. The first-order valence-corrected chi connectivity index (χ1v) is 6.19. The molecule has 0 saturated carbocycles. The minimum Gasteiger partial charge on any atom is -0.466 e. The number of benzene rings is 1.